The minimum Gasteiger partial charge on any atom is -0.485 e. The molecule has 7 heteroatoms. The first-order valence-electron chi connectivity index (χ1n) is 6.59. The Kier molecular flexibility index (Phi) is 4.58. The predicted molar refractivity (Wildman–Crippen MR) is 71.9 cm³/mol. The Balaban J connectivity index is 2.29. The fourth-order valence-electron chi connectivity index (χ4n) is 2.03. The van der Waals surface area contributed by atoms with Crippen molar-refractivity contribution in [2.45, 2.75) is 25.4 Å². The van der Waals surface area contributed by atoms with Gasteiger partial charge in [-0.1, -0.05) is 24.3 Å². The molecule has 2 aromatic rings. The Morgan fingerprint density at radius 2 is 1.48 bits per heavy atom. The maximum absolute atomic E-state index is 12.9. The second-order valence-corrected chi connectivity index (χ2v) is 4.88. The van der Waals surface area contributed by atoms with Crippen LogP contribution in [0.1, 0.15) is 29.7 Å². The molecule has 0 aromatic heterocycles. The zero-order chi connectivity index (χ0) is 17.3. The molecule has 2 aromatic carbocycles. The molecule has 124 valence electrons. The summed E-state index contributed by atoms with van der Waals surface area (Å²) in [6.07, 6.45) is -10.1. The third kappa shape index (κ3) is 4.18. The number of hydrogen-bond donors (Lipinski definition) is 0. The molecular weight excluding hydrogens is 322 g/mol. The van der Waals surface area contributed by atoms with E-state index >= 15 is 0 Å². The van der Waals surface area contributed by atoms with Crippen LogP contribution in [-0.2, 0) is 12.4 Å². The fourth-order valence-corrected chi connectivity index (χ4v) is 2.03. The zero-order valence-corrected chi connectivity index (χ0v) is 11.9. The van der Waals surface area contributed by atoms with E-state index in [9.17, 15) is 26.3 Å². The molecule has 0 aliphatic rings. The van der Waals surface area contributed by atoms with Gasteiger partial charge in [0, 0.05) is 0 Å². The summed E-state index contributed by atoms with van der Waals surface area (Å²) in [4.78, 5) is 0. The third-order valence-corrected chi connectivity index (χ3v) is 3.18. The normalized spacial score (nSPS) is 13.7. The maximum atomic E-state index is 12.9. The van der Waals surface area contributed by atoms with E-state index in [4.69, 9.17) is 4.74 Å². The van der Waals surface area contributed by atoms with Crippen LogP contribution in [0.3, 0.4) is 0 Å². The second-order valence-electron chi connectivity index (χ2n) is 4.88. The summed E-state index contributed by atoms with van der Waals surface area (Å²) >= 11 is 0. The standard InChI is InChI=1S/C16H12F6O/c1-10(11-5-4-6-12(9-11)15(17,18)19)23-14-8-3-2-7-13(14)16(20,21)22/h2-10H,1H3. The minimum absolute atomic E-state index is 0.136. The van der Waals surface area contributed by atoms with Crippen LogP contribution in [0.2, 0.25) is 0 Å². The average molecular weight is 334 g/mol. The molecule has 0 saturated heterocycles. The van der Waals surface area contributed by atoms with Crippen molar-refractivity contribution in [3.05, 3.63) is 65.2 Å². The van der Waals surface area contributed by atoms with E-state index in [0.717, 1.165) is 24.3 Å². The Morgan fingerprint density at radius 3 is 2.09 bits per heavy atom. The van der Waals surface area contributed by atoms with Crippen LogP contribution in [0.15, 0.2) is 48.5 Å². The summed E-state index contributed by atoms with van der Waals surface area (Å²) in [5, 5.41) is 0. The third-order valence-electron chi connectivity index (χ3n) is 3.18. The summed E-state index contributed by atoms with van der Waals surface area (Å²) in [6.45, 7) is 1.39. The lowest BCUT2D eigenvalue weighted by atomic mass is 10.1. The van der Waals surface area contributed by atoms with Gasteiger partial charge in [-0.2, -0.15) is 26.3 Å². The lowest BCUT2D eigenvalue weighted by Gasteiger charge is -2.19. The number of para-hydroxylation sites is 1. The number of halogens is 6. The first-order chi connectivity index (χ1) is 10.6. The number of ether oxygens (including phenoxy) is 1. The summed E-state index contributed by atoms with van der Waals surface area (Å²) < 4.78 is 82.0. The van der Waals surface area contributed by atoms with E-state index in [-0.39, 0.29) is 5.56 Å². The second kappa shape index (κ2) is 6.14. The highest BCUT2D eigenvalue weighted by molar-refractivity contribution is 5.36. The first kappa shape index (κ1) is 17.2. The van der Waals surface area contributed by atoms with Gasteiger partial charge < -0.3 is 4.74 Å². The van der Waals surface area contributed by atoms with E-state index in [1.165, 1.54) is 31.2 Å². The molecule has 0 aliphatic carbocycles. The molecule has 1 unspecified atom stereocenters. The highest BCUT2D eigenvalue weighted by Crippen LogP contribution is 2.38. The molecule has 1 atom stereocenters. The lowest BCUT2D eigenvalue weighted by Crippen LogP contribution is -2.12. The summed E-state index contributed by atoms with van der Waals surface area (Å²) in [5.41, 5.74) is -1.72. The SMILES string of the molecule is CC(Oc1ccccc1C(F)(F)F)c1cccc(C(F)(F)F)c1. The zero-order valence-electron chi connectivity index (χ0n) is 11.9. The number of benzene rings is 2. The Hall–Kier alpha value is -2.18. The quantitative estimate of drug-likeness (QED) is 0.639. The van der Waals surface area contributed by atoms with Gasteiger partial charge in [0.15, 0.2) is 0 Å². The Bertz CT molecular complexity index is 675. The average Bonchev–Trinajstić information content (AvgIpc) is 2.46. The van der Waals surface area contributed by atoms with Gasteiger partial charge in [0.05, 0.1) is 11.1 Å². The van der Waals surface area contributed by atoms with Crippen molar-refractivity contribution in [2.24, 2.45) is 0 Å². The van der Waals surface area contributed by atoms with E-state index in [1.807, 2.05) is 0 Å². The fraction of sp³-hybridized carbons (Fsp3) is 0.250. The van der Waals surface area contributed by atoms with Crippen molar-refractivity contribution in [1.82, 2.24) is 0 Å². The van der Waals surface area contributed by atoms with E-state index in [1.54, 1.807) is 0 Å². The lowest BCUT2D eigenvalue weighted by molar-refractivity contribution is -0.139. The summed E-state index contributed by atoms with van der Waals surface area (Å²) in [6, 6.07) is 8.87. The van der Waals surface area contributed by atoms with Gasteiger partial charge >= 0.3 is 12.4 Å². The van der Waals surface area contributed by atoms with Crippen LogP contribution < -0.4 is 4.74 Å². The number of rotatable bonds is 3. The van der Waals surface area contributed by atoms with E-state index < -0.39 is 35.3 Å². The molecule has 23 heavy (non-hydrogen) atoms. The molecule has 0 aliphatic heterocycles. The van der Waals surface area contributed by atoms with Crippen LogP contribution in [0, 0.1) is 0 Å². The summed E-state index contributed by atoms with van der Waals surface area (Å²) in [5.74, 6) is -0.426. The van der Waals surface area contributed by atoms with Crippen molar-refractivity contribution >= 4 is 0 Å². The highest BCUT2D eigenvalue weighted by atomic mass is 19.4. The smallest absolute Gasteiger partial charge is 0.419 e. The molecule has 2 rings (SSSR count). The van der Waals surface area contributed by atoms with Crippen LogP contribution in [0.25, 0.3) is 0 Å². The summed E-state index contributed by atoms with van der Waals surface area (Å²) in [7, 11) is 0. The molecule has 0 amide bonds. The Morgan fingerprint density at radius 1 is 0.826 bits per heavy atom. The molecule has 0 fully saturated rings. The minimum atomic E-state index is -4.61. The van der Waals surface area contributed by atoms with Gasteiger partial charge in [0.25, 0.3) is 0 Å². The van der Waals surface area contributed by atoms with E-state index in [0.29, 0.717) is 0 Å². The van der Waals surface area contributed by atoms with Crippen molar-refractivity contribution in [2.75, 3.05) is 0 Å². The monoisotopic (exact) mass is 334 g/mol. The molecular formula is C16H12F6O. The predicted octanol–water partition coefficient (Wildman–Crippen LogP) is 5.86. The molecule has 0 N–H and O–H groups in total. The van der Waals surface area contributed by atoms with Crippen molar-refractivity contribution < 1.29 is 31.1 Å². The van der Waals surface area contributed by atoms with Crippen LogP contribution in [-0.4, -0.2) is 0 Å². The van der Waals surface area contributed by atoms with Gasteiger partial charge in [-0.3, -0.25) is 0 Å². The topological polar surface area (TPSA) is 9.23 Å². The van der Waals surface area contributed by atoms with Crippen LogP contribution >= 0.6 is 0 Å². The van der Waals surface area contributed by atoms with Gasteiger partial charge in [-0.05, 0) is 36.8 Å². The number of hydrogen-bond acceptors (Lipinski definition) is 1. The molecule has 1 nitrogen and oxygen atoms in total. The van der Waals surface area contributed by atoms with Crippen molar-refractivity contribution in [1.29, 1.82) is 0 Å². The molecule has 0 saturated carbocycles. The van der Waals surface area contributed by atoms with Gasteiger partial charge in [0.2, 0.25) is 0 Å². The highest BCUT2D eigenvalue weighted by Gasteiger charge is 2.35. The van der Waals surface area contributed by atoms with Gasteiger partial charge in [-0.15, -0.1) is 0 Å². The molecule has 0 bridgehead atoms. The van der Waals surface area contributed by atoms with Crippen molar-refractivity contribution in [3.8, 4) is 5.75 Å². The molecule has 0 radical (unpaired) electrons. The van der Waals surface area contributed by atoms with Crippen LogP contribution in [0.5, 0.6) is 5.75 Å². The van der Waals surface area contributed by atoms with Crippen molar-refractivity contribution in [3.63, 3.8) is 0 Å². The van der Waals surface area contributed by atoms with Crippen LogP contribution in [0.4, 0.5) is 26.3 Å². The molecule has 0 heterocycles. The maximum Gasteiger partial charge on any atom is 0.419 e. The van der Waals surface area contributed by atoms with Gasteiger partial charge in [-0.25, -0.2) is 0 Å². The van der Waals surface area contributed by atoms with E-state index in [2.05, 4.69) is 0 Å². The Labute approximate surface area is 128 Å². The molecule has 0 spiro atoms. The number of alkyl halides is 6. The van der Waals surface area contributed by atoms with Gasteiger partial charge in [0.1, 0.15) is 11.9 Å². The largest absolute Gasteiger partial charge is 0.485 e. The first-order valence-corrected chi connectivity index (χ1v) is 6.59.